The van der Waals surface area contributed by atoms with Gasteiger partial charge < -0.3 is 15.4 Å². The molecule has 10 nitrogen and oxygen atoms in total. The van der Waals surface area contributed by atoms with E-state index in [2.05, 4.69) is 25.6 Å². The van der Waals surface area contributed by atoms with E-state index in [1.54, 1.807) is 12.4 Å². The average molecular weight is 575 g/mol. The molecule has 2 heterocycles. The van der Waals surface area contributed by atoms with Gasteiger partial charge in [0.1, 0.15) is 18.2 Å². The van der Waals surface area contributed by atoms with Gasteiger partial charge >= 0.3 is 6.03 Å². The van der Waals surface area contributed by atoms with Crippen LogP contribution in [0.5, 0.6) is 5.75 Å². The van der Waals surface area contributed by atoms with Crippen LogP contribution in [0.15, 0.2) is 67.1 Å². The fourth-order valence-corrected chi connectivity index (χ4v) is 6.58. The topological polar surface area (TPSA) is 127 Å². The molecule has 2 aromatic carbocycles. The van der Waals surface area contributed by atoms with Gasteiger partial charge in [-0.15, -0.1) is 10.2 Å². The lowest BCUT2D eigenvalue weighted by atomic mass is 9.85. The fourth-order valence-electron chi connectivity index (χ4n) is 5.21. The van der Waals surface area contributed by atoms with Crippen LogP contribution >= 0.6 is 0 Å². The summed E-state index contributed by atoms with van der Waals surface area (Å²) in [5.41, 5.74) is 4.42. The van der Waals surface area contributed by atoms with Gasteiger partial charge in [-0.3, -0.25) is 9.12 Å². The highest BCUT2D eigenvalue weighted by molar-refractivity contribution is 7.93. The second-order valence-corrected chi connectivity index (χ2v) is 13.8. The zero-order valence-corrected chi connectivity index (χ0v) is 24.1. The third-order valence-electron chi connectivity index (χ3n) is 7.56. The molecule has 2 aliphatic carbocycles. The number of aromatic nitrogens is 3. The van der Waals surface area contributed by atoms with Crippen molar-refractivity contribution in [1.82, 2.24) is 19.9 Å². The second kappa shape index (κ2) is 10.4. The molecule has 2 atom stereocenters. The maximum absolute atomic E-state index is 13.2. The number of hydrogen-bond acceptors (Lipinski definition) is 6. The maximum atomic E-state index is 13.2. The van der Waals surface area contributed by atoms with Crippen molar-refractivity contribution in [3.05, 3.63) is 83.8 Å². The van der Waals surface area contributed by atoms with Gasteiger partial charge in [0.25, 0.3) is 0 Å². The van der Waals surface area contributed by atoms with E-state index in [1.807, 2.05) is 79.9 Å². The Hall–Kier alpha value is -4.12. The Morgan fingerprint density at radius 3 is 2.49 bits per heavy atom. The van der Waals surface area contributed by atoms with Crippen LogP contribution < -0.4 is 20.1 Å². The highest BCUT2D eigenvalue weighted by Gasteiger charge is 2.36. The number of hydrogen-bond donors (Lipinski definition) is 3. The van der Waals surface area contributed by atoms with E-state index in [0.717, 1.165) is 28.8 Å². The van der Waals surface area contributed by atoms with Crippen molar-refractivity contribution < 1.29 is 17.9 Å². The highest BCUT2D eigenvalue weighted by Crippen LogP contribution is 2.39. The predicted molar refractivity (Wildman–Crippen MR) is 158 cm³/mol. The molecule has 2 aromatic heterocycles. The van der Waals surface area contributed by atoms with Crippen molar-refractivity contribution >= 4 is 33.1 Å². The van der Waals surface area contributed by atoms with E-state index in [1.165, 1.54) is 0 Å². The maximum Gasteiger partial charge on any atom is 0.319 e. The average Bonchev–Trinajstić information content (AvgIpc) is 3.68. The van der Waals surface area contributed by atoms with Crippen molar-refractivity contribution in [1.29, 1.82) is 0 Å². The molecule has 41 heavy (non-hydrogen) atoms. The highest BCUT2D eigenvalue weighted by atomic mass is 32.2. The summed E-state index contributed by atoms with van der Waals surface area (Å²) in [5, 5.41) is 13.7. The van der Waals surface area contributed by atoms with Crippen LogP contribution in [0.3, 0.4) is 0 Å². The van der Waals surface area contributed by atoms with E-state index < -0.39 is 10.0 Å². The van der Waals surface area contributed by atoms with Crippen LogP contribution in [-0.4, -0.2) is 34.3 Å². The minimum absolute atomic E-state index is 0.160. The Morgan fingerprint density at radius 2 is 1.73 bits per heavy atom. The number of nitrogens with one attached hydrogen (secondary N) is 3. The van der Waals surface area contributed by atoms with Gasteiger partial charge in [-0.2, -0.15) is 0 Å². The number of carbonyl (C=O) groups excluding carboxylic acids is 1. The minimum atomic E-state index is -3.44. The Bertz CT molecular complexity index is 1710. The summed E-state index contributed by atoms with van der Waals surface area (Å²) in [4.78, 5) is 13.2. The van der Waals surface area contributed by atoms with E-state index in [-0.39, 0.29) is 28.8 Å². The van der Waals surface area contributed by atoms with Crippen LogP contribution in [-0.2, 0) is 15.4 Å². The molecule has 6 rings (SSSR count). The summed E-state index contributed by atoms with van der Waals surface area (Å²) in [5.74, 6) is 0.716. The van der Waals surface area contributed by atoms with Crippen molar-refractivity contribution in [2.24, 2.45) is 0 Å². The first-order valence-corrected chi connectivity index (χ1v) is 15.4. The third kappa shape index (κ3) is 6.00. The van der Waals surface area contributed by atoms with Crippen LogP contribution in [0.25, 0.3) is 5.65 Å². The summed E-state index contributed by atoms with van der Waals surface area (Å²) < 4.78 is 36.1. The summed E-state index contributed by atoms with van der Waals surface area (Å²) in [6.07, 6.45) is 6.10. The van der Waals surface area contributed by atoms with Gasteiger partial charge in [0.2, 0.25) is 10.0 Å². The quantitative estimate of drug-likeness (QED) is 0.260. The minimum Gasteiger partial charge on any atom is -0.484 e. The van der Waals surface area contributed by atoms with Gasteiger partial charge in [0.05, 0.1) is 23.2 Å². The molecule has 0 unspecified atom stereocenters. The number of ether oxygens (including phenoxy) is 1. The van der Waals surface area contributed by atoms with Crippen molar-refractivity contribution in [2.75, 3.05) is 10.0 Å². The van der Waals surface area contributed by atoms with Crippen molar-refractivity contribution in [3.8, 4) is 5.75 Å². The van der Waals surface area contributed by atoms with Crippen LogP contribution in [0.2, 0.25) is 0 Å². The number of fused-ring (bicyclic) bond motifs is 2. The number of anilines is 2. The zero-order chi connectivity index (χ0) is 28.8. The lowest BCUT2D eigenvalue weighted by Gasteiger charge is -2.32. The number of urea groups is 1. The fraction of sp³-hybridized carbons (Fsp3) is 0.367. The molecule has 0 saturated heterocycles. The molecule has 0 bridgehead atoms. The summed E-state index contributed by atoms with van der Waals surface area (Å²) in [6.45, 7) is 6.15. The first-order chi connectivity index (χ1) is 19.5. The van der Waals surface area contributed by atoms with Crippen LogP contribution in [0.4, 0.5) is 16.2 Å². The van der Waals surface area contributed by atoms with E-state index in [0.29, 0.717) is 36.4 Å². The van der Waals surface area contributed by atoms with Gasteiger partial charge in [0, 0.05) is 5.69 Å². The van der Waals surface area contributed by atoms with Crippen LogP contribution in [0.1, 0.15) is 75.3 Å². The zero-order valence-electron chi connectivity index (χ0n) is 23.3. The lowest BCUT2D eigenvalue weighted by molar-refractivity contribution is 0.171. The van der Waals surface area contributed by atoms with Gasteiger partial charge in [-0.25, -0.2) is 13.2 Å². The number of nitrogens with zero attached hydrogens (tertiary/aromatic N) is 3. The Labute approximate surface area is 239 Å². The molecule has 1 fully saturated rings. The molecule has 0 spiro atoms. The standard InChI is InChI=1S/C30H34N6O4S/c1-30(2,3)19-14-20(16-21(15-19)35-41(38,39)23-9-10-23)32-29(37)33-26-11-12-27(25-7-5-4-6-24(25)26)40-22-8-13-28-34-31-18-36(28)17-22/h4-8,13-18,23,26-27,35H,9-12H2,1-3H3,(H2,32,33,37)/t26-,27+/m0/s1. The van der Waals surface area contributed by atoms with Gasteiger partial charge in [0.15, 0.2) is 5.65 Å². The number of rotatable bonds is 7. The van der Waals surface area contributed by atoms with Crippen LogP contribution in [0, 0.1) is 0 Å². The molecular formula is C30H34N6O4S. The molecular weight excluding hydrogens is 540 g/mol. The predicted octanol–water partition coefficient (Wildman–Crippen LogP) is 5.71. The number of carbonyl (C=O) groups is 1. The normalized spacial score (nSPS) is 18.9. The summed E-state index contributed by atoms with van der Waals surface area (Å²) >= 11 is 0. The smallest absolute Gasteiger partial charge is 0.319 e. The number of sulfonamides is 1. The molecule has 214 valence electrons. The SMILES string of the molecule is CC(C)(C)c1cc(NC(=O)N[C@H]2CC[C@@H](Oc3ccc4nncn4c3)c3ccccc32)cc(NS(=O)(=O)C2CC2)c1. The Balaban J connectivity index is 1.18. The largest absolute Gasteiger partial charge is 0.484 e. The summed E-state index contributed by atoms with van der Waals surface area (Å²) in [6, 6.07) is 16.6. The van der Waals surface area contributed by atoms with Crippen molar-refractivity contribution in [2.45, 2.75) is 69.3 Å². The Morgan fingerprint density at radius 1 is 0.976 bits per heavy atom. The lowest BCUT2D eigenvalue weighted by Crippen LogP contribution is -2.35. The molecule has 4 aromatic rings. The molecule has 1 saturated carbocycles. The van der Waals surface area contributed by atoms with E-state index in [9.17, 15) is 13.2 Å². The Kier molecular flexibility index (Phi) is 6.85. The van der Waals surface area contributed by atoms with Crippen molar-refractivity contribution in [3.63, 3.8) is 0 Å². The number of amides is 2. The molecule has 0 radical (unpaired) electrons. The summed E-state index contributed by atoms with van der Waals surface area (Å²) in [7, 11) is -3.44. The van der Waals surface area contributed by atoms with Gasteiger partial charge in [-0.1, -0.05) is 45.0 Å². The number of benzene rings is 2. The first kappa shape index (κ1) is 27.1. The number of pyridine rings is 1. The monoisotopic (exact) mass is 574 g/mol. The van der Waals surface area contributed by atoms with Gasteiger partial charge in [-0.05, 0) is 78.1 Å². The molecule has 2 aliphatic rings. The molecule has 2 amide bonds. The molecule has 11 heteroatoms. The van der Waals surface area contributed by atoms with E-state index >= 15 is 0 Å². The second-order valence-electron chi connectivity index (χ2n) is 11.8. The third-order valence-corrected chi connectivity index (χ3v) is 9.43. The molecule has 0 aliphatic heterocycles. The van der Waals surface area contributed by atoms with E-state index in [4.69, 9.17) is 4.74 Å². The first-order valence-electron chi connectivity index (χ1n) is 13.8. The molecule has 3 N–H and O–H groups in total.